The Bertz CT molecular complexity index is 433. The van der Waals surface area contributed by atoms with Gasteiger partial charge in [-0.25, -0.2) is 0 Å². The Labute approximate surface area is 68.8 Å². The summed E-state index contributed by atoms with van der Waals surface area (Å²) in [6.07, 6.45) is 3.99. The van der Waals surface area contributed by atoms with Crippen molar-refractivity contribution in [2.75, 3.05) is 0 Å². The lowest BCUT2D eigenvalue weighted by Gasteiger charge is -1.93. The molecule has 12 heavy (non-hydrogen) atoms. The number of carbonyl (C=O) groups excluding carboxylic acids is 1. The molecule has 0 aliphatic heterocycles. The summed E-state index contributed by atoms with van der Waals surface area (Å²) in [5, 5.41) is 4.82. The first-order chi connectivity index (χ1) is 5.83. The quantitative estimate of drug-likeness (QED) is 0.580. The van der Waals surface area contributed by atoms with E-state index in [0.717, 1.165) is 17.2 Å². The number of carbonyl (C=O) groups is 1. The molecule has 0 unspecified atom stereocenters. The number of aryl methyl sites for hydroxylation is 1. The van der Waals surface area contributed by atoms with Gasteiger partial charge >= 0.3 is 0 Å². The van der Waals surface area contributed by atoms with Crippen molar-refractivity contribution in [2.24, 2.45) is 7.05 Å². The van der Waals surface area contributed by atoms with Gasteiger partial charge in [0.15, 0.2) is 6.29 Å². The molecule has 2 heterocycles. The maximum atomic E-state index is 10.5. The van der Waals surface area contributed by atoms with Crippen LogP contribution in [-0.2, 0) is 7.05 Å². The van der Waals surface area contributed by atoms with Gasteiger partial charge in [0.25, 0.3) is 0 Å². The summed E-state index contributed by atoms with van der Waals surface area (Å²) in [6.45, 7) is 0. The Morgan fingerprint density at radius 1 is 1.58 bits per heavy atom. The summed E-state index contributed by atoms with van der Waals surface area (Å²) < 4.78 is 1.71. The molecule has 60 valence electrons. The lowest BCUT2D eigenvalue weighted by molar-refractivity contribution is 0.112. The van der Waals surface area contributed by atoms with Crippen LogP contribution in [0.4, 0.5) is 0 Å². The van der Waals surface area contributed by atoms with E-state index in [4.69, 9.17) is 0 Å². The molecule has 0 saturated carbocycles. The van der Waals surface area contributed by atoms with E-state index in [1.54, 1.807) is 17.1 Å². The lowest BCUT2D eigenvalue weighted by atomic mass is 10.2. The zero-order chi connectivity index (χ0) is 8.55. The van der Waals surface area contributed by atoms with Crippen LogP contribution in [0.3, 0.4) is 0 Å². The molecule has 0 fully saturated rings. The molecule has 0 spiro atoms. The van der Waals surface area contributed by atoms with Crippen LogP contribution in [0.15, 0.2) is 18.5 Å². The molecule has 4 nitrogen and oxygen atoms in total. The smallest absolute Gasteiger partial charge is 0.169 e. The third kappa shape index (κ3) is 0.812. The van der Waals surface area contributed by atoms with Gasteiger partial charge in [-0.3, -0.25) is 14.5 Å². The number of aromatic nitrogens is 3. The minimum atomic E-state index is 0.445. The maximum Gasteiger partial charge on any atom is 0.169 e. The molecule has 4 heteroatoms. The maximum absolute atomic E-state index is 10.5. The molecule has 2 rings (SSSR count). The number of hydrogen-bond donors (Lipinski definition) is 0. The van der Waals surface area contributed by atoms with Gasteiger partial charge in [0.1, 0.15) is 5.69 Å². The number of rotatable bonds is 1. The summed E-state index contributed by atoms with van der Waals surface area (Å²) in [4.78, 5) is 14.4. The highest BCUT2D eigenvalue weighted by Crippen LogP contribution is 2.13. The van der Waals surface area contributed by atoms with Gasteiger partial charge in [0.2, 0.25) is 0 Å². The number of fused-ring (bicyclic) bond motifs is 1. The molecular weight excluding hydrogens is 154 g/mol. The van der Waals surface area contributed by atoms with Gasteiger partial charge in [0, 0.05) is 18.6 Å². The van der Waals surface area contributed by atoms with Crippen LogP contribution in [0, 0.1) is 0 Å². The average Bonchev–Trinajstić information content (AvgIpc) is 2.48. The van der Waals surface area contributed by atoms with Crippen molar-refractivity contribution < 1.29 is 4.79 Å². The van der Waals surface area contributed by atoms with Crippen molar-refractivity contribution in [3.05, 3.63) is 24.2 Å². The minimum Gasteiger partial charge on any atom is -0.296 e. The van der Waals surface area contributed by atoms with Gasteiger partial charge in [-0.05, 0) is 6.07 Å². The molecule has 2 aromatic heterocycles. The fraction of sp³-hybridized carbons (Fsp3) is 0.125. The Morgan fingerprint density at radius 3 is 3.17 bits per heavy atom. The van der Waals surface area contributed by atoms with Crippen molar-refractivity contribution >= 4 is 17.2 Å². The van der Waals surface area contributed by atoms with Crippen LogP contribution in [0.25, 0.3) is 10.9 Å². The second kappa shape index (κ2) is 2.41. The van der Waals surface area contributed by atoms with E-state index >= 15 is 0 Å². The Balaban J connectivity index is 2.89. The SMILES string of the molecule is Cn1ncc2c(C=O)nccc21. The van der Waals surface area contributed by atoms with Gasteiger partial charge in [-0.15, -0.1) is 0 Å². The summed E-state index contributed by atoms with van der Waals surface area (Å²) in [5.74, 6) is 0. The molecule has 0 radical (unpaired) electrons. The van der Waals surface area contributed by atoms with Crippen molar-refractivity contribution in [1.29, 1.82) is 0 Å². The van der Waals surface area contributed by atoms with Crippen molar-refractivity contribution in [1.82, 2.24) is 14.8 Å². The molecular formula is C8H7N3O. The summed E-state index contributed by atoms with van der Waals surface area (Å²) in [5.41, 5.74) is 1.37. The van der Waals surface area contributed by atoms with Gasteiger partial charge in [-0.2, -0.15) is 5.10 Å². The number of nitrogens with zero attached hydrogens (tertiary/aromatic N) is 3. The monoisotopic (exact) mass is 161 g/mol. The van der Waals surface area contributed by atoms with E-state index < -0.39 is 0 Å². The highest BCUT2D eigenvalue weighted by molar-refractivity contribution is 5.94. The Hall–Kier alpha value is -1.71. The van der Waals surface area contributed by atoms with E-state index in [2.05, 4.69) is 10.1 Å². The molecule has 0 aliphatic rings. The second-order valence-corrected chi connectivity index (χ2v) is 2.52. The highest BCUT2D eigenvalue weighted by atomic mass is 16.1. The molecule has 0 saturated heterocycles. The molecule has 0 atom stereocenters. The molecule has 0 amide bonds. The summed E-state index contributed by atoms with van der Waals surface area (Å²) in [6, 6.07) is 1.83. The number of hydrogen-bond acceptors (Lipinski definition) is 3. The van der Waals surface area contributed by atoms with Gasteiger partial charge in [-0.1, -0.05) is 0 Å². The average molecular weight is 161 g/mol. The fourth-order valence-electron chi connectivity index (χ4n) is 1.19. The van der Waals surface area contributed by atoms with Crippen LogP contribution < -0.4 is 0 Å². The van der Waals surface area contributed by atoms with E-state index in [0.29, 0.717) is 5.69 Å². The number of pyridine rings is 1. The predicted molar refractivity (Wildman–Crippen MR) is 43.9 cm³/mol. The Kier molecular flexibility index (Phi) is 1.40. The van der Waals surface area contributed by atoms with Crippen LogP contribution in [0.1, 0.15) is 10.5 Å². The van der Waals surface area contributed by atoms with E-state index in [9.17, 15) is 4.79 Å². The van der Waals surface area contributed by atoms with Crippen LogP contribution in [0.5, 0.6) is 0 Å². The highest BCUT2D eigenvalue weighted by Gasteiger charge is 2.03. The van der Waals surface area contributed by atoms with Crippen molar-refractivity contribution in [2.45, 2.75) is 0 Å². The van der Waals surface area contributed by atoms with Gasteiger partial charge in [0.05, 0.1) is 11.7 Å². The fourth-order valence-corrected chi connectivity index (χ4v) is 1.19. The van der Waals surface area contributed by atoms with Crippen LogP contribution in [-0.4, -0.2) is 21.1 Å². The van der Waals surface area contributed by atoms with Crippen molar-refractivity contribution in [3.63, 3.8) is 0 Å². The standard InChI is InChI=1S/C8H7N3O/c1-11-8-2-3-9-7(5-12)6(8)4-10-11/h2-5H,1H3. The first-order valence-corrected chi connectivity index (χ1v) is 3.55. The predicted octanol–water partition coefficient (Wildman–Crippen LogP) is 0.781. The molecule has 2 aromatic rings. The normalized spacial score (nSPS) is 10.4. The summed E-state index contributed by atoms with van der Waals surface area (Å²) >= 11 is 0. The van der Waals surface area contributed by atoms with Crippen molar-refractivity contribution in [3.8, 4) is 0 Å². The first kappa shape index (κ1) is 6.97. The Morgan fingerprint density at radius 2 is 2.42 bits per heavy atom. The van der Waals surface area contributed by atoms with Gasteiger partial charge < -0.3 is 0 Å². The third-order valence-corrected chi connectivity index (χ3v) is 1.82. The zero-order valence-electron chi connectivity index (χ0n) is 6.56. The molecule has 0 bridgehead atoms. The number of aldehydes is 1. The van der Waals surface area contributed by atoms with Crippen LogP contribution >= 0.6 is 0 Å². The summed E-state index contributed by atoms with van der Waals surface area (Å²) in [7, 11) is 1.83. The molecule has 0 aliphatic carbocycles. The van der Waals surface area contributed by atoms with E-state index in [1.807, 2.05) is 13.1 Å². The topological polar surface area (TPSA) is 47.8 Å². The van der Waals surface area contributed by atoms with E-state index in [1.165, 1.54) is 0 Å². The van der Waals surface area contributed by atoms with E-state index in [-0.39, 0.29) is 0 Å². The zero-order valence-corrected chi connectivity index (χ0v) is 6.56. The minimum absolute atomic E-state index is 0.445. The van der Waals surface area contributed by atoms with Crippen LogP contribution in [0.2, 0.25) is 0 Å². The largest absolute Gasteiger partial charge is 0.296 e. The second-order valence-electron chi connectivity index (χ2n) is 2.52. The first-order valence-electron chi connectivity index (χ1n) is 3.55. The third-order valence-electron chi connectivity index (χ3n) is 1.82. The lowest BCUT2D eigenvalue weighted by Crippen LogP contribution is -1.90. The molecule has 0 N–H and O–H groups in total. The molecule has 0 aromatic carbocycles.